The van der Waals surface area contributed by atoms with E-state index in [0.29, 0.717) is 0 Å². The second kappa shape index (κ2) is 6.57. The number of alkyl halides is 9. The van der Waals surface area contributed by atoms with E-state index in [1.807, 2.05) is 0 Å². The fraction of sp³-hybridized carbons (Fsp3) is 0.889. The fourth-order valence-corrected chi connectivity index (χ4v) is 2.85. The van der Waals surface area contributed by atoms with Crippen molar-refractivity contribution >= 4 is 16.0 Å². The summed E-state index contributed by atoms with van der Waals surface area (Å²) < 4.78 is 136. The molecule has 5 nitrogen and oxygen atoms in total. The minimum Gasteiger partial charge on any atom is -0.480 e. The maximum absolute atomic E-state index is 13.5. The van der Waals surface area contributed by atoms with E-state index in [0.717, 1.165) is 6.92 Å². The molecule has 0 spiro atoms. The van der Waals surface area contributed by atoms with Crippen LogP contribution in [-0.2, 0) is 14.8 Å². The number of rotatable bonds is 8. The van der Waals surface area contributed by atoms with Gasteiger partial charge in [-0.25, -0.2) is 8.42 Å². The van der Waals surface area contributed by atoms with E-state index >= 15 is 0 Å². The van der Waals surface area contributed by atoms with Gasteiger partial charge in [-0.3, -0.25) is 4.79 Å². The van der Waals surface area contributed by atoms with Crippen molar-refractivity contribution in [2.75, 3.05) is 13.1 Å². The molecule has 0 bridgehead atoms. The molecule has 0 aromatic heterocycles. The Balaban J connectivity index is 6.22. The fourth-order valence-electron chi connectivity index (χ4n) is 1.37. The van der Waals surface area contributed by atoms with Gasteiger partial charge >= 0.3 is 29.2 Å². The summed E-state index contributed by atoms with van der Waals surface area (Å²) in [4.78, 5) is 10.4. The van der Waals surface area contributed by atoms with E-state index in [-0.39, 0.29) is 0 Å². The number of nitrogens with zero attached hydrogens (tertiary/aromatic N) is 1. The molecule has 24 heavy (non-hydrogen) atoms. The number of carboxylic acid groups (broad SMARTS) is 1. The molecule has 0 radical (unpaired) electrons. The molecule has 0 aliphatic carbocycles. The molecule has 144 valence electrons. The van der Waals surface area contributed by atoms with Gasteiger partial charge in [-0.1, -0.05) is 6.92 Å². The second-order valence-electron chi connectivity index (χ2n) is 4.40. The van der Waals surface area contributed by atoms with Crippen LogP contribution in [0, 0.1) is 0 Å². The van der Waals surface area contributed by atoms with Gasteiger partial charge in [0.15, 0.2) is 0 Å². The Morgan fingerprint density at radius 3 is 1.67 bits per heavy atom. The third kappa shape index (κ3) is 3.55. The first kappa shape index (κ1) is 22.8. The Hall–Kier alpha value is -1.25. The second-order valence-corrected chi connectivity index (χ2v) is 6.37. The maximum Gasteiger partial charge on any atom is 0.460 e. The summed E-state index contributed by atoms with van der Waals surface area (Å²) in [5.41, 5.74) is 0. The van der Waals surface area contributed by atoms with Gasteiger partial charge in [0, 0.05) is 6.54 Å². The van der Waals surface area contributed by atoms with Crippen molar-refractivity contribution in [2.24, 2.45) is 0 Å². The first-order valence-electron chi connectivity index (χ1n) is 5.79. The van der Waals surface area contributed by atoms with E-state index in [1.165, 1.54) is 0 Å². The zero-order valence-electron chi connectivity index (χ0n) is 11.6. The highest BCUT2D eigenvalue weighted by Gasteiger charge is 2.85. The van der Waals surface area contributed by atoms with Crippen molar-refractivity contribution in [3.05, 3.63) is 0 Å². The molecule has 0 unspecified atom stereocenters. The normalized spacial score (nSPS) is 15.0. The minimum atomic E-state index is -7.39. The van der Waals surface area contributed by atoms with E-state index in [4.69, 9.17) is 5.11 Å². The number of carboxylic acids is 1. The molecule has 0 atom stereocenters. The standard InChI is InChI=1S/C9H10F9NO4S/c1-2-3-19(4-5(20)21)24(22,23)9(17,18)7(12,13)6(10,11)8(14,15)16/h2-4H2,1H3,(H,20,21). The van der Waals surface area contributed by atoms with Gasteiger partial charge in [0.05, 0.1) is 0 Å². The monoisotopic (exact) mass is 399 g/mol. The third-order valence-electron chi connectivity index (χ3n) is 2.56. The average Bonchev–Trinajstić information content (AvgIpc) is 2.35. The Labute approximate surface area is 129 Å². The van der Waals surface area contributed by atoms with Crippen LogP contribution in [0.1, 0.15) is 13.3 Å². The van der Waals surface area contributed by atoms with E-state index < -0.39 is 63.1 Å². The molecule has 0 aromatic carbocycles. The highest BCUT2D eigenvalue weighted by atomic mass is 32.2. The van der Waals surface area contributed by atoms with Crippen molar-refractivity contribution in [1.82, 2.24) is 4.31 Å². The van der Waals surface area contributed by atoms with E-state index in [2.05, 4.69) is 0 Å². The van der Waals surface area contributed by atoms with Gasteiger partial charge in [-0.2, -0.15) is 43.8 Å². The van der Waals surface area contributed by atoms with Gasteiger partial charge < -0.3 is 5.11 Å². The molecular weight excluding hydrogens is 389 g/mol. The summed E-state index contributed by atoms with van der Waals surface area (Å²) in [6, 6.07) is 0. The molecule has 0 aliphatic rings. The highest BCUT2D eigenvalue weighted by molar-refractivity contribution is 7.90. The maximum atomic E-state index is 13.5. The Kier molecular flexibility index (Phi) is 6.23. The lowest BCUT2D eigenvalue weighted by Gasteiger charge is -2.35. The minimum absolute atomic E-state index is 0.413. The first-order valence-corrected chi connectivity index (χ1v) is 7.23. The molecule has 0 heterocycles. The van der Waals surface area contributed by atoms with Crippen LogP contribution in [0.5, 0.6) is 0 Å². The molecule has 0 aliphatic heterocycles. The Morgan fingerprint density at radius 1 is 0.958 bits per heavy atom. The van der Waals surface area contributed by atoms with Gasteiger partial charge in [0.25, 0.3) is 10.0 Å². The zero-order valence-corrected chi connectivity index (χ0v) is 12.4. The van der Waals surface area contributed by atoms with Crippen molar-refractivity contribution in [1.29, 1.82) is 0 Å². The van der Waals surface area contributed by atoms with Gasteiger partial charge in [-0.15, -0.1) is 0 Å². The average molecular weight is 399 g/mol. The molecule has 0 saturated heterocycles. The molecule has 0 amide bonds. The van der Waals surface area contributed by atoms with Crippen molar-refractivity contribution in [2.45, 2.75) is 36.6 Å². The quantitative estimate of drug-likeness (QED) is 0.637. The number of aliphatic carboxylic acids is 1. The molecule has 15 heteroatoms. The topological polar surface area (TPSA) is 74.7 Å². The molecule has 0 fully saturated rings. The van der Waals surface area contributed by atoms with Crippen molar-refractivity contribution < 1.29 is 57.8 Å². The molecule has 0 rings (SSSR count). The summed E-state index contributed by atoms with van der Waals surface area (Å²) in [5, 5.41) is 1.44. The summed E-state index contributed by atoms with van der Waals surface area (Å²) in [5.74, 6) is -16.9. The van der Waals surface area contributed by atoms with Crippen LogP contribution < -0.4 is 0 Å². The van der Waals surface area contributed by atoms with Gasteiger partial charge in [0.1, 0.15) is 6.54 Å². The SMILES string of the molecule is CCCN(CC(=O)O)S(=O)(=O)C(F)(F)C(F)(F)C(F)(F)C(F)(F)F. The Morgan fingerprint density at radius 2 is 1.38 bits per heavy atom. The smallest absolute Gasteiger partial charge is 0.460 e. The third-order valence-corrected chi connectivity index (χ3v) is 4.46. The molecule has 1 N–H and O–H groups in total. The summed E-state index contributed by atoms with van der Waals surface area (Å²) in [6.45, 7) is -1.87. The first-order chi connectivity index (χ1) is 10.4. The predicted octanol–water partition coefficient (Wildman–Crippen LogP) is 2.54. The van der Waals surface area contributed by atoms with Crippen LogP contribution in [0.4, 0.5) is 39.5 Å². The van der Waals surface area contributed by atoms with E-state index in [1.54, 1.807) is 0 Å². The van der Waals surface area contributed by atoms with Crippen LogP contribution in [0.25, 0.3) is 0 Å². The van der Waals surface area contributed by atoms with Crippen molar-refractivity contribution in [3.8, 4) is 0 Å². The summed E-state index contributed by atoms with van der Waals surface area (Å²) >= 11 is 0. The lowest BCUT2D eigenvalue weighted by Crippen LogP contribution is -2.65. The van der Waals surface area contributed by atoms with Crippen molar-refractivity contribution in [3.63, 3.8) is 0 Å². The van der Waals surface area contributed by atoms with E-state index in [9.17, 15) is 52.7 Å². The van der Waals surface area contributed by atoms with Gasteiger partial charge in [0.2, 0.25) is 0 Å². The largest absolute Gasteiger partial charge is 0.480 e. The van der Waals surface area contributed by atoms with Gasteiger partial charge in [-0.05, 0) is 6.42 Å². The number of carbonyl (C=O) groups is 1. The van der Waals surface area contributed by atoms with Crippen LogP contribution in [-0.4, -0.2) is 60.2 Å². The number of sulfonamides is 1. The van der Waals surface area contributed by atoms with Crippen LogP contribution in [0.15, 0.2) is 0 Å². The summed E-state index contributed by atoms with van der Waals surface area (Å²) in [6.07, 6.45) is -7.60. The molecular formula is C9H10F9NO4S. The Bertz CT molecular complexity index is 572. The molecule has 0 saturated carbocycles. The lowest BCUT2D eigenvalue weighted by molar-refractivity contribution is -0.382. The summed E-state index contributed by atoms with van der Waals surface area (Å²) in [7, 11) is -6.87. The van der Waals surface area contributed by atoms with Crippen LogP contribution in [0.2, 0.25) is 0 Å². The van der Waals surface area contributed by atoms with Crippen LogP contribution >= 0.6 is 0 Å². The van der Waals surface area contributed by atoms with Crippen LogP contribution in [0.3, 0.4) is 0 Å². The predicted molar refractivity (Wildman–Crippen MR) is 59.3 cm³/mol. The molecule has 0 aromatic rings. The number of hydrogen-bond donors (Lipinski definition) is 1. The zero-order chi connectivity index (χ0) is 19.8. The highest BCUT2D eigenvalue weighted by Crippen LogP contribution is 2.55. The number of halogens is 9. The lowest BCUT2D eigenvalue weighted by atomic mass is 10.1. The number of hydrogen-bond acceptors (Lipinski definition) is 3.